The average molecular weight is 369 g/mol. The van der Waals surface area contributed by atoms with E-state index in [2.05, 4.69) is 49.2 Å². The molecule has 0 amide bonds. The largest absolute Gasteiger partial charge is 0.356 e. The Morgan fingerprint density at radius 3 is 2.73 bits per heavy atom. The maximum Gasteiger partial charge on any atom is 0.193 e. The Kier molecular flexibility index (Phi) is 6.01. The number of rotatable bonds is 6. The van der Waals surface area contributed by atoms with Crippen LogP contribution in [0.3, 0.4) is 0 Å². The number of imidazole rings is 1. The minimum absolute atomic E-state index is 0.656. The molecule has 0 aliphatic heterocycles. The van der Waals surface area contributed by atoms with Crippen molar-refractivity contribution in [3.05, 3.63) is 58.4 Å². The van der Waals surface area contributed by atoms with Crippen molar-refractivity contribution in [1.29, 1.82) is 0 Å². The lowest BCUT2D eigenvalue weighted by Gasteiger charge is -2.20. The van der Waals surface area contributed by atoms with Crippen LogP contribution in [-0.4, -0.2) is 46.5 Å². The van der Waals surface area contributed by atoms with Gasteiger partial charge in [-0.15, -0.1) is 11.3 Å². The van der Waals surface area contributed by atoms with Gasteiger partial charge in [-0.25, -0.2) is 9.97 Å². The molecule has 0 fully saturated rings. The lowest BCUT2D eigenvalue weighted by Crippen LogP contribution is -2.39. The standard InChI is InChI=1S/C19H24N6S/c1-14-11-23-18(26-14)9-10-21-19(20-2)25(3)13-17-22-12-16(24-17)15-7-5-4-6-8-15/h4-8,11-12H,9-10,13H2,1-3H3,(H,20,21)(H,22,24). The smallest absolute Gasteiger partial charge is 0.193 e. The molecule has 0 unspecified atom stereocenters. The number of aryl methyl sites for hydroxylation is 1. The second kappa shape index (κ2) is 8.62. The Hall–Kier alpha value is -2.67. The summed E-state index contributed by atoms with van der Waals surface area (Å²) >= 11 is 1.74. The lowest BCUT2D eigenvalue weighted by atomic mass is 10.2. The molecule has 3 rings (SSSR count). The first-order valence-electron chi connectivity index (χ1n) is 8.58. The zero-order chi connectivity index (χ0) is 18.4. The summed E-state index contributed by atoms with van der Waals surface area (Å²) in [4.78, 5) is 19.9. The maximum absolute atomic E-state index is 4.49. The molecule has 2 N–H and O–H groups in total. The van der Waals surface area contributed by atoms with Gasteiger partial charge in [0.15, 0.2) is 5.96 Å². The van der Waals surface area contributed by atoms with E-state index >= 15 is 0 Å². The van der Waals surface area contributed by atoms with Gasteiger partial charge in [0.1, 0.15) is 5.82 Å². The van der Waals surface area contributed by atoms with Crippen LogP contribution in [0.15, 0.2) is 47.7 Å². The predicted octanol–water partition coefficient (Wildman–Crippen LogP) is 3.09. The Bertz CT molecular complexity index is 852. The molecular formula is C19H24N6S. The normalized spacial score (nSPS) is 11.6. The third-order valence-corrected chi connectivity index (χ3v) is 4.94. The SMILES string of the molecule is CN=C(NCCc1ncc(C)s1)N(C)Cc1ncc(-c2ccccc2)[nH]1. The van der Waals surface area contributed by atoms with E-state index in [0.717, 1.165) is 41.0 Å². The van der Waals surface area contributed by atoms with E-state index in [1.165, 1.54) is 4.88 Å². The van der Waals surface area contributed by atoms with Crippen molar-refractivity contribution in [1.82, 2.24) is 25.2 Å². The molecule has 3 aromatic rings. The molecule has 0 spiro atoms. The Morgan fingerprint density at radius 2 is 2.04 bits per heavy atom. The van der Waals surface area contributed by atoms with Gasteiger partial charge in [0.25, 0.3) is 0 Å². The van der Waals surface area contributed by atoms with Gasteiger partial charge in [-0.2, -0.15) is 0 Å². The molecule has 6 nitrogen and oxygen atoms in total. The molecule has 0 saturated carbocycles. The van der Waals surface area contributed by atoms with Gasteiger partial charge in [-0.3, -0.25) is 4.99 Å². The van der Waals surface area contributed by atoms with Gasteiger partial charge >= 0.3 is 0 Å². The van der Waals surface area contributed by atoms with E-state index in [0.29, 0.717) is 6.54 Å². The zero-order valence-electron chi connectivity index (χ0n) is 15.4. The number of H-pyrrole nitrogens is 1. The predicted molar refractivity (Wildman–Crippen MR) is 107 cm³/mol. The van der Waals surface area contributed by atoms with E-state index in [4.69, 9.17) is 0 Å². The number of hydrogen-bond acceptors (Lipinski definition) is 4. The van der Waals surface area contributed by atoms with Crippen molar-refractivity contribution in [2.24, 2.45) is 4.99 Å². The van der Waals surface area contributed by atoms with Crippen molar-refractivity contribution >= 4 is 17.3 Å². The van der Waals surface area contributed by atoms with E-state index in [1.54, 1.807) is 18.4 Å². The number of hydrogen-bond donors (Lipinski definition) is 2. The van der Waals surface area contributed by atoms with Gasteiger partial charge in [-0.05, 0) is 12.5 Å². The van der Waals surface area contributed by atoms with Gasteiger partial charge < -0.3 is 15.2 Å². The van der Waals surface area contributed by atoms with Crippen LogP contribution in [-0.2, 0) is 13.0 Å². The molecule has 0 saturated heterocycles. The van der Waals surface area contributed by atoms with Crippen LogP contribution in [0, 0.1) is 6.92 Å². The Morgan fingerprint density at radius 1 is 1.23 bits per heavy atom. The number of benzene rings is 1. The van der Waals surface area contributed by atoms with Crippen LogP contribution in [0.25, 0.3) is 11.3 Å². The van der Waals surface area contributed by atoms with Crippen molar-refractivity contribution in [2.75, 3.05) is 20.6 Å². The summed E-state index contributed by atoms with van der Waals surface area (Å²) in [6.07, 6.45) is 4.69. The molecule has 0 aliphatic rings. The highest BCUT2D eigenvalue weighted by Crippen LogP contribution is 2.16. The molecule has 0 aliphatic carbocycles. The topological polar surface area (TPSA) is 69.2 Å². The molecule has 2 heterocycles. The molecular weight excluding hydrogens is 344 g/mol. The average Bonchev–Trinajstić information content (AvgIpc) is 3.28. The first kappa shape index (κ1) is 18.1. The number of nitrogens with zero attached hydrogens (tertiary/aromatic N) is 4. The van der Waals surface area contributed by atoms with Gasteiger partial charge in [-0.1, -0.05) is 30.3 Å². The third kappa shape index (κ3) is 4.70. The van der Waals surface area contributed by atoms with E-state index < -0.39 is 0 Å². The number of nitrogens with one attached hydrogen (secondary N) is 2. The van der Waals surface area contributed by atoms with Crippen LogP contribution in [0.5, 0.6) is 0 Å². The summed E-state index contributed by atoms with van der Waals surface area (Å²) in [5.74, 6) is 1.75. The maximum atomic E-state index is 4.49. The van der Waals surface area contributed by atoms with Crippen molar-refractivity contribution < 1.29 is 0 Å². The van der Waals surface area contributed by atoms with Crippen molar-refractivity contribution in [3.8, 4) is 11.3 Å². The van der Waals surface area contributed by atoms with E-state index in [1.807, 2.05) is 37.6 Å². The first-order valence-corrected chi connectivity index (χ1v) is 9.39. The van der Waals surface area contributed by atoms with Gasteiger partial charge in [0, 0.05) is 38.1 Å². The van der Waals surface area contributed by atoms with E-state index in [-0.39, 0.29) is 0 Å². The Labute approximate surface area is 158 Å². The highest BCUT2D eigenvalue weighted by Gasteiger charge is 2.10. The summed E-state index contributed by atoms with van der Waals surface area (Å²) in [5, 5.41) is 4.53. The molecule has 2 aromatic heterocycles. The lowest BCUT2D eigenvalue weighted by molar-refractivity contribution is 0.464. The highest BCUT2D eigenvalue weighted by atomic mass is 32.1. The zero-order valence-corrected chi connectivity index (χ0v) is 16.2. The highest BCUT2D eigenvalue weighted by molar-refractivity contribution is 7.11. The van der Waals surface area contributed by atoms with Crippen molar-refractivity contribution in [2.45, 2.75) is 19.9 Å². The van der Waals surface area contributed by atoms with Crippen LogP contribution < -0.4 is 5.32 Å². The molecule has 7 heteroatoms. The molecule has 136 valence electrons. The summed E-state index contributed by atoms with van der Waals surface area (Å²) in [5.41, 5.74) is 2.16. The fourth-order valence-electron chi connectivity index (χ4n) is 2.69. The first-order chi connectivity index (χ1) is 12.7. The summed E-state index contributed by atoms with van der Waals surface area (Å²) < 4.78 is 0. The molecule has 1 aromatic carbocycles. The molecule has 0 radical (unpaired) electrons. The second-order valence-corrected chi connectivity index (χ2v) is 7.37. The van der Waals surface area contributed by atoms with Gasteiger partial charge in [0.05, 0.1) is 23.4 Å². The number of guanidine groups is 1. The number of aromatic nitrogens is 3. The number of aromatic amines is 1. The minimum atomic E-state index is 0.656. The monoisotopic (exact) mass is 368 g/mol. The van der Waals surface area contributed by atoms with Crippen molar-refractivity contribution in [3.63, 3.8) is 0 Å². The van der Waals surface area contributed by atoms with Gasteiger partial charge in [0.2, 0.25) is 0 Å². The summed E-state index contributed by atoms with van der Waals surface area (Å²) in [6, 6.07) is 10.2. The number of aliphatic imine (C=N–C) groups is 1. The summed E-state index contributed by atoms with van der Waals surface area (Å²) in [7, 11) is 3.80. The minimum Gasteiger partial charge on any atom is -0.356 e. The van der Waals surface area contributed by atoms with E-state index in [9.17, 15) is 0 Å². The summed E-state index contributed by atoms with van der Waals surface area (Å²) in [6.45, 7) is 3.54. The Balaban J connectivity index is 1.54. The fraction of sp³-hybridized carbons (Fsp3) is 0.316. The van der Waals surface area contributed by atoms with Crippen LogP contribution in [0.2, 0.25) is 0 Å². The van der Waals surface area contributed by atoms with Crippen LogP contribution in [0.1, 0.15) is 15.7 Å². The third-order valence-electron chi connectivity index (χ3n) is 3.96. The second-order valence-electron chi connectivity index (χ2n) is 6.05. The fourth-order valence-corrected chi connectivity index (χ4v) is 3.48. The molecule has 0 atom stereocenters. The molecule has 0 bridgehead atoms. The quantitative estimate of drug-likeness (QED) is 0.518. The number of thiazole rings is 1. The van der Waals surface area contributed by atoms with Crippen LogP contribution >= 0.6 is 11.3 Å². The molecule has 26 heavy (non-hydrogen) atoms. The van der Waals surface area contributed by atoms with Crippen LogP contribution in [0.4, 0.5) is 0 Å².